The Hall–Kier alpha value is -1.35. The molecular weight excluding hydrogens is 206 g/mol. The van der Waals surface area contributed by atoms with Crippen LogP contribution in [-0.4, -0.2) is 12.1 Å². The first-order valence-electron chi connectivity index (χ1n) is 4.93. The van der Waals surface area contributed by atoms with Gasteiger partial charge in [-0.3, -0.25) is 0 Å². The number of para-hydroxylation sites is 1. The molecular formula is C12H13NOS. The molecule has 0 N–H and O–H groups in total. The second kappa shape index (κ2) is 4.45. The molecule has 0 aliphatic rings. The van der Waals surface area contributed by atoms with Crippen molar-refractivity contribution in [3.05, 3.63) is 35.3 Å². The lowest BCUT2D eigenvalue weighted by Gasteiger charge is -2.04. The maximum atomic E-state index is 5.31. The molecule has 2 nitrogen and oxygen atoms in total. The van der Waals surface area contributed by atoms with E-state index < -0.39 is 0 Å². The summed E-state index contributed by atoms with van der Waals surface area (Å²) in [6.07, 6.45) is 2.97. The van der Waals surface area contributed by atoms with Crippen LogP contribution in [0.25, 0.3) is 10.6 Å². The summed E-state index contributed by atoms with van der Waals surface area (Å²) in [6.45, 7) is 2.14. The van der Waals surface area contributed by atoms with Crippen LogP contribution in [-0.2, 0) is 6.42 Å². The summed E-state index contributed by atoms with van der Waals surface area (Å²) in [7, 11) is 1.69. The summed E-state index contributed by atoms with van der Waals surface area (Å²) in [5, 5.41) is 1.03. The van der Waals surface area contributed by atoms with Crippen LogP contribution in [0.3, 0.4) is 0 Å². The molecule has 0 unspecified atom stereocenters. The molecule has 0 aliphatic heterocycles. The summed E-state index contributed by atoms with van der Waals surface area (Å²) < 4.78 is 5.31. The number of hydrogen-bond donors (Lipinski definition) is 0. The lowest BCUT2D eigenvalue weighted by Crippen LogP contribution is -1.85. The zero-order valence-electron chi connectivity index (χ0n) is 8.86. The number of rotatable bonds is 3. The Morgan fingerprint density at radius 3 is 2.80 bits per heavy atom. The van der Waals surface area contributed by atoms with E-state index in [9.17, 15) is 0 Å². The second-order valence-electron chi connectivity index (χ2n) is 3.19. The van der Waals surface area contributed by atoms with Crippen LogP contribution in [0.2, 0.25) is 0 Å². The molecule has 2 rings (SSSR count). The third-order valence-electron chi connectivity index (χ3n) is 2.24. The van der Waals surface area contributed by atoms with Gasteiger partial charge in [-0.2, -0.15) is 0 Å². The Balaban J connectivity index is 2.44. The molecule has 78 valence electrons. The van der Waals surface area contributed by atoms with Crippen molar-refractivity contribution in [1.29, 1.82) is 0 Å². The van der Waals surface area contributed by atoms with Crippen LogP contribution in [0, 0.1) is 0 Å². The maximum Gasteiger partial charge on any atom is 0.129 e. The average molecular weight is 219 g/mol. The van der Waals surface area contributed by atoms with Gasteiger partial charge < -0.3 is 4.74 Å². The normalized spacial score (nSPS) is 10.3. The predicted molar refractivity (Wildman–Crippen MR) is 63.5 cm³/mol. The fourth-order valence-corrected chi connectivity index (χ4v) is 2.30. The first-order valence-corrected chi connectivity index (χ1v) is 5.75. The quantitative estimate of drug-likeness (QED) is 0.789. The molecule has 0 spiro atoms. The van der Waals surface area contributed by atoms with Crippen LogP contribution in [0.15, 0.2) is 30.5 Å². The Labute approximate surface area is 93.6 Å². The third-order valence-corrected chi connectivity index (χ3v) is 3.41. The zero-order valence-corrected chi connectivity index (χ0v) is 9.67. The molecule has 0 radical (unpaired) electrons. The Morgan fingerprint density at radius 2 is 2.13 bits per heavy atom. The van der Waals surface area contributed by atoms with E-state index in [4.69, 9.17) is 4.74 Å². The van der Waals surface area contributed by atoms with Crippen LogP contribution < -0.4 is 4.74 Å². The molecule has 0 amide bonds. The van der Waals surface area contributed by atoms with Crippen molar-refractivity contribution in [1.82, 2.24) is 4.98 Å². The molecule has 1 aromatic heterocycles. The second-order valence-corrected chi connectivity index (χ2v) is 4.30. The number of ether oxygens (including phenoxy) is 1. The van der Waals surface area contributed by atoms with Gasteiger partial charge in [0, 0.05) is 11.1 Å². The van der Waals surface area contributed by atoms with Gasteiger partial charge in [0.25, 0.3) is 0 Å². The van der Waals surface area contributed by atoms with Gasteiger partial charge in [-0.05, 0) is 18.6 Å². The SMILES string of the molecule is CCc1cnc(-c2ccccc2OC)s1. The number of hydrogen-bond acceptors (Lipinski definition) is 3. The smallest absolute Gasteiger partial charge is 0.129 e. The van der Waals surface area contributed by atoms with Crippen molar-refractivity contribution in [3.63, 3.8) is 0 Å². The fraction of sp³-hybridized carbons (Fsp3) is 0.250. The maximum absolute atomic E-state index is 5.31. The average Bonchev–Trinajstić information content (AvgIpc) is 2.77. The molecule has 0 saturated heterocycles. The summed E-state index contributed by atoms with van der Waals surface area (Å²) in [5.74, 6) is 0.884. The topological polar surface area (TPSA) is 22.1 Å². The number of methoxy groups -OCH3 is 1. The van der Waals surface area contributed by atoms with Gasteiger partial charge in [0.1, 0.15) is 10.8 Å². The highest BCUT2D eigenvalue weighted by Gasteiger charge is 2.08. The number of benzene rings is 1. The van der Waals surface area contributed by atoms with Crippen molar-refractivity contribution in [2.45, 2.75) is 13.3 Å². The molecule has 3 heteroatoms. The van der Waals surface area contributed by atoms with Crippen LogP contribution in [0.1, 0.15) is 11.8 Å². The molecule has 0 fully saturated rings. The van der Waals surface area contributed by atoms with E-state index in [1.807, 2.05) is 30.5 Å². The van der Waals surface area contributed by atoms with Crippen molar-refractivity contribution in [3.8, 4) is 16.3 Å². The Morgan fingerprint density at radius 1 is 1.33 bits per heavy atom. The van der Waals surface area contributed by atoms with E-state index >= 15 is 0 Å². The van der Waals surface area contributed by atoms with Gasteiger partial charge in [-0.1, -0.05) is 19.1 Å². The van der Waals surface area contributed by atoms with E-state index in [2.05, 4.69) is 11.9 Å². The van der Waals surface area contributed by atoms with E-state index in [1.165, 1.54) is 4.88 Å². The highest BCUT2D eigenvalue weighted by molar-refractivity contribution is 7.15. The van der Waals surface area contributed by atoms with Gasteiger partial charge in [0.15, 0.2) is 0 Å². The molecule has 15 heavy (non-hydrogen) atoms. The monoisotopic (exact) mass is 219 g/mol. The predicted octanol–water partition coefficient (Wildman–Crippen LogP) is 3.38. The van der Waals surface area contributed by atoms with Crippen molar-refractivity contribution in [2.75, 3.05) is 7.11 Å². The molecule has 2 aromatic rings. The van der Waals surface area contributed by atoms with Crippen molar-refractivity contribution < 1.29 is 4.74 Å². The van der Waals surface area contributed by atoms with E-state index in [1.54, 1.807) is 18.4 Å². The molecule has 0 atom stereocenters. The van der Waals surface area contributed by atoms with Gasteiger partial charge >= 0.3 is 0 Å². The first kappa shape index (κ1) is 10.2. The molecule has 1 aromatic carbocycles. The highest BCUT2D eigenvalue weighted by Crippen LogP contribution is 2.32. The summed E-state index contributed by atoms with van der Waals surface area (Å²) in [4.78, 5) is 5.71. The number of nitrogens with zero attached hydrogens (tertiary/aromatic N) is 1. The summed E-state index contributed by atoms with van der Waals surface area (Å²) in [5.41, 5.74) is 1.07. The molecule has 1 heterocycles. The van der Waals surface area contributed by atoms with Crippen LogP contribution >= 0.6 is 11.3 Å². The van der Waals surface area contributed by atoms with Crippen molar-refractivity contribution in [2.24, 2.45) is 0 Å². The Kier molecular flexibility index (Phi) is 3.02. The summed E-state index contributed by atoms with van der Waals surface area (Å²) in [6, 6.07) is 7.97. The molecule has 0 aliphatic carbocycles. The van der Waals surface area contributed by atoms with Crippen LogP contribution in [0.4, 0.5) is 0 Å². The minimum atomic E-state index is 0.884. The lowest BCUT2D eigenvalue weighted by atomic mass is 10.2. The Bertz CT molecular complexity index is 450. The van der Waals surface area contributed by atoms with Gasteiger partial charge in [0.05, 0.1) is 12.7 Å². The minimum absolute atomic E-state index is 0.884. The van der Waals surface area contributed by atoms with E-state index in [-0.39, 0.29) is 0 Å². The third kappa shape index (κ3) is 2.02. The lowest BCUT2D eigenvalue weighted by molar-refractivity contribution is 0.416. The van der Waals surface area contributed by atoms with E-state index in [0.29, 0.717) is 0 Å². The van der Waals surface area contributed by atoms with Crippen molar-refractivity contribution >= 4 is 11.3 Å². The molecule has 0 saturated carbocycles. The number of aryl methyl sites for hydroxylation is 1. The van der Waals surface area contributed by atoms with Crippen LogP contribution in [0.5, 0.6) is 5.75 Å². The van der Waals surface area contributed by atoms with Gasteiger partial charge in [-0.15, -0.1) is 11.3 Å². The largest absolute Gasteiger partial charge is 0.496 e. The fourth-order valence-electron chi connectivity index (χ4n) is 1.42. The number of thiazole rings is 1. The molecule has 0 bridgehead atoms. The summed E-state index contributed by atoms with van der Waals surface area (Å²) >= 11 is 1.72. The standard InChI is InChI=1S/C12H13NOS/c1-3-9-8-13-12(15-9)10-6-4-5-7-11(10)14-2/h4-8H,3H2,1-2H3. The highest BCUT2D eigenvalue weighted by atomic mass is 32.1. The van der Waals surface area contributed by atoms with Gasteiger partial charge in [-0.25, -0.2) is 4.98 Å². The minimum Gasteiger partial charge on any atom is -0.496 e. The van der Waals surface area contributed by atoms with Gasteiger partial charge in [0.2, 0.25) is 0 Å². The zero-order chi connectivity index (χ0) is 10.7. The first-order chi connectivity index (χ1) is 7.35. The van der Waals surface area contributed by atoms with E-state index in [0.717, 1.165) is 22.7 Å². The number of aromatic nitrogens is 1.